The van der Waals surface area contributed by atoms with Crippen molar-refractivity contribution < 1.29 is 43.3 Å². The number of likely N-dealkylation sites (tertiary alicyclic amines) is 1. The Hall–Kier alpha value is -3.36. The standard InChI is InChI=1S/C39H56N4O9/c1-5-7-9-18-38(19-10-8-6-2)50-31-29-24-39(37(48)42-21-12-15-28(42)35(46)40-20-22-44)33(36(47)49-29)43(52-34(39)32(31)51-38)25-27-14-11-13-26(23-27)16-17-30(45)41(3)4/h11,13-14,16-17,23,28-29,31-34,44H,5-10,12,15,18-22,24-25H2,1-4H3,(H,40,46). The summed E-state index contributed by atoms with van der Waals surface area (Å²) in [6.07, 6.45) is 9.03. The van der Waals surface area contributed by atoms with Crippen molar-refractivity contribution >= 4 is 29.8 Å². The second-order valence-corrected chi connectivity index (χ2v) is 15.2. The van der Waals surface area contributed by atoms with Crippen LogP contribution in [0.15, 0.2) is 30.3 Å². The van der Waals surface area contributed by atoms with Crippen molar-refractivity contribution in [3.63, 3.8) is 0 Å². The molecule has 0 radical (unpaired) electrons. The first kappa shape index (κ1) is 38.4. The predicted molar refractivity (Wildman–Crippen MR) is 191 cm³/mol. The molecular weight excluding hydrogens is 668 g/mol. The molecule has 13 nitrogen and oxygen atoms in total. The van der Waals surface area contributed by atoms with E-state index >= 15 is 4.79 Å². The zero-order valence-corrected chi connectivity index (χ0v) is 31.1. The lowest BCUT2D eigenvalue weighted by Crippen LogP contribution is -2.70. The van der Waals surface area contributed by atoms with Crippen LogP contribution in [-0.4, -0.2) is 120 Å². The Bertz CT molecular complexity index is 1490. The Labute approximate surface area is 306 Å². The molecule has 5 aliphatic rings. The number of carbonyl (C=O) groups is 4. The summed E-state index contributed by atoms with van der Waals surface area (Å²) in [7, 11) is 3.38. The van der Waals surface area contributed by atoms with Gasteiger partial charge in [0.25, 0.3) is 0 Å². The maximum Gasteiger partial charge on any atom is 0.327 e. The van der Waals surface area contributed by atoms with Crippen molar-refractivity contribution in [1.29, 1.82) is 0 Å². The SMILES string of the molecule is CCCCCC1(CCCCC)OC2C3CC4(C(=O)N5CCCC5C(=O)NCCO)C(ON(Cc5cccc(C=CC(=O)N(C)C)c5)C4C(=O)O3)C2O1. The molecule has 0 aromatic heterocycles. The van der Waals surface area contributed by atoms with Gasteiger partial charge < -0.3 is 34.4 Å². The molecule has 1 aromatic rings. The molecule has 4 heterocycles. The van der Waals surface area contributed by atoms with E-state index in [2.05, 4.69) is 19.2 Å². The monoisotopic (exact) mass is 724 g/mol. The van der Waals surface area contributed by atoms with Crippen LogP contribution in [0, 0.1) is 5.41 Å². The van der Waals surface area contributed by atoms with Crippen LogP contribution in [0.4, 0.5) is 0 Å². The van der Waals surface area contributed by atoms with E-state index in [0.717, 1.165) is 49.7 Å². The van der Waals surface area contributed by atoms with Crippen LogP contribution in [-0.2, 0) is 44.8 Å². The number of unbranched alkanes of at least 4 members (excludes halogenated alkanes) is 4. The molecule has 1 aromatic carbocycles. The van der Waals surface area contributed by atoms with E-state index in [4.69, 9.17) is 19.0 Å². The van der Waals surface area contributed by atoms with Crippen LogP contribution in [0.25, 0.3) is 6.08 Å². The summed E-state index contributed by atoms with van der Waals surface area (Å²) in [6, 6.07) is 5.78. The van der Waals surface area contributed by atoms with Gasteiger partial charge in [-0.25, -0.2) is 0 Å². The van der Waals surface area contributed by atoms with Crippen molar-refractivity contribution in [2.24, 2.45) is 5.41 Å². The number of nitrogens with one attached hydrogen (secondary N) is 1. The third kappa shape index (κ3) is 7.39. The summed E-state index contributed by atoms with van der Waals surface area (Å²) in [5, 5.41) is 13.7. The molecule has 0 spiro atoms. The van der Waals surface area contributed by atoms with Gasteiger partial charge in [-0.1, -0.05) is 63.8 Å². The first-order chi connectivity index (χ1) is 25.1. The predicted octanol–water partition coefficient (Wildman–Crippen LogP) is 3.33. The van der Waals surface area contributed by atoms with Gasteiger partial charge in [0.05, 0.1) is 13.2 Å². The number of hydrogen-bond acceptors (Lipinski definition) is 10. The van der Waals surface area contributed by atoms with Gasteiger partial charge >= 0.3 is 5.97 Å². The summed E-state index contributed by atoms with van der Waals surface area (Å²) in [5.74, 6) is -2.23. The second-order valence-electron chi connectivity index (χ2n) is 15.2. The van der Waals surface area contributed by atoms with Gasteiger partial charge in [0.1, 0.15) is 35.9 Å². The molecule has 52 heavy (non-hydrogen) atoms. The highest BCUT2D eigenvalue weighted by molar-refractivity contribution is 5.96. The molecule has 5 fully saturated rings. The van der Waals surface area contributed by atoms with Crippen LogP contribution in [0.3, 0.4) is 0 Å². The molecular formula is C39H56N4O9. The molecule has 1 aliphatic carbocycles. The quantitative estimate of drug-likeness (QED) is 0.148. The number of aliphatic hydroxyl groups is 1. The Morgan fingerprint density at radius 3 is 2.48 bits per heavy atom. The van der Waals surface area contributed by atoms with E-state index in [0.29, 0.717) is 32.2 Å². The maximum absolute atomic E-state index is 15.2. The van der Waals surface area contributed by atoms with E-state index in [-0.39, 0.29) is 43.8 Å². The fraction of sp³-hybridized carbons (Fsp3) is 0.692. The smallest absolute Gasteiger partial charge is 0.327 e. The molecule has 2 bridgehead atoms. The van der Waals surface area contributed by atoms with Crippen LogP contribution >= 0.6 is 0 Å². The number of esters is 1. The van der Waals surface area contributed by atoms with Crippen LogP contribution in [0.5, 0.6) is 0 Å². The third-order valence-electron chi connectivity index (χ3n) is 11.3. The summed E-state index contributed by atoms with van der Waals surface area (Å²) in [5.41, 5.74) is 0.224. The summed E-state index contributed by atoms with van der Waals surface area (Å²) >= 11 is 0. The van der Waals surface area contributed by atoms with E-state index in [1.165, 1.54) is 11.0 Å². The van der Waals surface area contributed by atoms with Crippen molar-refractivity contribution in [2.75, 3.05) is 33.8 Å². The van der Waals surface area contributed by atoms with Crippen LogP contribution in [0.1, 0.15) is 95.6 Å². The lowest BCUT2D eigenvalue weighted by Gasteiger charge is -2.50. The van der Waals surface area contributed by atoms with Gasteiger partial charge in [-0.15, -0.1) is 0 Å². The highest BCUT2D eigenvalue weighted by Gasteiger charge is 2.77. The summed E-state index contributed by atoms with van der Waals surface area (Å²) in [6.45, 7) is 4.71. The molecule has 1 saturated carbocycles. The van der Waals surface area contributed by atoms with Crippen molar-refractivity contribution in [3.8, 4) is 0 Å². The summed E-state index contributed by atoms with van der Waals surface area (Å²) in [4.78, 5) is 64.9. The Morgan fingerprint density at radius 1 is 1.06 bits per heavy atom. The lowest BCUT2D eigenvalue weighted by molar-refractivity contribution is -0.225. The third-order valence-corrected chi connectivity index (χ3v) is 11.3. The van der Waals surface area contributed by atoms with Crippen molar-refractivity contribution in [2.45, 2.75) is 133 Å². The first-order valence-electron chi connectivity index (χ1n) is 19.2. The van der Waals surface area contributed by atoms with Crippen LogP contribution < -0.4 is 5.32 Å². The number of nitrogens with zero attached hydrogens (tertiary/aromatic N) is 3. The van der Waals surface area contributed by atoms with E-state index in [9.17, 15) is 19.5 Å². The first-order valence-corrected chi connectivity index (χ1v) is 19.2. The molecule has 4 aliphatic heterocycles. The van der Waals surface area contributed by atoms with Crippen molar-refractivity contribution in [1.82, 2.24) is 20.2 Å². The zero-order chi connectivity index (χ0) is 37.0. The lowest BCUT2D eigenvalue weighted by atomic mass is 9.62. The highest BCUT2D eigenvalue weighted by atomic mass is 16.8. The molecule has 4 saturated heterocycles. The largest absolute Gasteiger partial charge is 0.458 e. The molecule has 2 N–H and O–H groups in total. The average molecular weight is 725 g/mol. The van der Waals surface area contributed by atoms with E-state index in [1.54, 1.807) is 30.1 Å². The zero-order valence-electron chi connectivity index (χ0n) is 31.1. The van der Waals surface area contributed by atoms with Gasteiger partial charge in [-0.3, -0.25) is 24.0 Å². The fourth-order valence-electron chi connectivity index (χ4n) is 8.82. The van der Waals surface area contributed by atoms with Gasteiger partial charge in [-0.05, 0) is 42.9 Å². The van der Waals surface area contributed by atoms with E-state index in [1.807, 2.05) is 24.3 Å². The number of fused-ring (bicyclic) bond motifs is 4. The number of amides is 3. The topological polar surface area (TPSA) is 147 Å². The maximum atomic E-state index is 15.2. The fourth-order valence-corrected chi connectivity index (χ4v) is 8.82. The summed E-state index contributed by atoms with van der Waals surface area (Å²) < 4.78 is 20.1. The molecule has 7 unspecified atom stereocenters. The van der Waals surface area contributed by atoms with Gasteiger partial charge in [0, 0.05) is 52.5 Å². The Kier molecular flexibility index (Phi) is 12.1. The minimum Gasteiger partial charge on any atom is -0.458 e. The number of likely N-dealkylation sites (N-methyl/N-ethyl adjacent to an activating group) is 1. The molecule has 6 rings (SSSR count). The number of aliphatic hydroxyl groups excluding tert-OH is 1. The number of rotatable bonds is 16. The molecule has 7 atom stereocenters. The number of hydroxylamine groups is 2. The number of hydrogen-bond donors (Lipinski definition) is 2. The van der Waals surface area contributed by atoms with Gasteiger partial charge in [-0.2, -0.15) is 5.06 Å². The van der Waals surface area contributed by atoms with Crippen LogP contribution in [0.2, 0.25) is 0 Å². The molecule has 286 valence electrons. The number of carbonyl (C=O) groups excluding carboxylic acids is 4. The van der Waals surface area contributed by atoms with Gasteiger partial charge in [0.2, 0.25) is 17.7 Å². The minimum absolute atomic E-state index is 0.0870. The minimum atomic E-state index is -1.39. The number of benzene rings is 1. The second kappa shape index (κ2) is 16.3. The normalized spacial score (nSPS) is 30.4. The number of ether oxygens (including phenoxy) is 3. The Balaban J connectivity index is 1.36. The highest BCUT2D eigenvalue weighted by Crippen LogP contribution is 2.59. The van der Waals surface area contributed by atoms with E-state index < -0.39 is 53.7 Å². The molecule has 3 amide bonds. The average Bonchev–Trinajstić information content (AvgIpc) is 3.86. The molecule has 13 heteroatoms. The van der Waals surface area contributed by atoms with Crippen molar-refractivity contribution in [3.05, 3.63) is 41.5 Å². The van der Waals surface area contributed by atoms with Gasteiger partial charge in [0.15, 0.2) is 11.8 Å². The Morgan fingerprint density at radius 2 is 1.79 bits per heavy atom.